The molecule has 0 spiro atoms. The van der Waals surface area contributed by atoms with E-state index < -0.39 is 0 Å². The molecule has 1 heterocycles. The molecule has 94 valence electrons. The minimum atomic E-state index is 0.0342. The zero-order valence-corrected chi connectivity index (χ0v) is 10.0. The van der Waals surface area contributed by atoms with E-state index in [4.69, 9.17) is 5.11 Å². The summed E-state index contributed by atoms with van der Waals surface area (Å²) in [6.07, 6.45) is 2.36. The second-order valence-electron chi connectivity index (χ2n) is 4.30. The molecule has 1 atom stereocenters. The summed E-state index contributed by atoms with van der Waals surface area (Å²) in [7, 11) is 0. The number of amides is 1. The molecule has 0 aromatic heterocycles. The SMILES string of the molecule is CC(=O)NCCN1CCCC(NCCO)C1. The smallest absolute Gasteiger partial charge is 0.216 e. The Bertz CT molecular complexity index is 211. The molecule has 0 radical (unpaired) electrons. The van der Waals surface area contributed by atoms with Gasteiger partial charge in [0.15, 0.2) is 0 Å². The van der Waals surface area contributed by atoms with Crippen molar-refractivity contribution >= 4 is 5.91 Å². The Morgan fingerprint density at radius 3 is 3.00 bits per heavy atom. The van der Waals surface area contributed by atoms with E-state index in [1.807, 2.05) is 0 Å². The van der Waals surface area contributed by atoms with Gasteiger partial charge in [0.2, 0.25) is 5.91 Å². The van der Waals surface area contributed by atoms with E-state index >= 15 is 0 Å². The van der Waals surface area contributed by atoms with E-state index in [0.717, 1.165) is 26.2 Å². The van der Waals surface area contributed by atoms with Crippen molar-refractivity contribution in [3.63, 3.8) is 0 Å². The first-order chi connectivity index (χ1) is 7.72. The average molecular weight is 229 g/mol. The molecule has 1 fully saturated rings. The van der Waals surface area contributed by atoms with Crippen molar-refractivity contribution in [1.82, 2.24) is 15.5 Å². The van der Waals surface area contributed by atoms with Crippen molar-refractivity contribution in [1.29, 1.82) is 0 Å². The van der Waals surface area contributed by atoms with E-state index in [9.17, 15) is 4.79 Å². The van der Waals surface area contributed by atoms with E-state index in [0.29, 0.717) is 12.6 Å². The Hall–Kier alpha value is -0.650. The fraction of sp³-hybridized carbons (Fsp3) is 0.909. The van der Waals surface area contributed by atoms with Gasteiger partial charge in [-0.1, -0.05) is 0 Å². The van der Waals surface area contributed by atoms with Crippen LogP contribution in [0.1, 0.15) is 19.8 Å². The number of nitrogens with one attached hydrogen (secondary N) is 2. The van der Waals surface area contributed by atoms with E-state index in [1.54, 1.807) is 6.92 Å². The summed E-state index contributed by atoms with van der Waals surface area (Å²) in [5, 5.41) is 14.9. The van der Waals surface area contributed by atoms with Crippen LogP contribution in [0.4, 0.5) is 0 Å². The Labute approximate surface area is 97.2 Å². The van der Waals surface area contributed by atoms with Gasteiger partial charge in [0, 0.05) is 39.1 Å². The average Bonchev–Trinajstić information content (AvgIpc) is 2.26. The first-order valence-electron chi connectivity index (χ1n) is 6.03. The molecule has 16 heavy (non-hydrogen) atoms. The third kappa shape index (κ3) is 5.44. The number of hydrogen-bond donors (Lipinski definition) is 3. The Kier molecular flexibility index (Phi) is 6.37. The molecule has 1 amide bonds. The molecule has 5 heteroatoms. The molecule has 1 rings (SSSR count). The largest absolute Gasteiger partial charge is 0.395 e. The highest BCUT2D eigenvalue weighted by Gasteiger charge is 2.18. The van der Waals surface area contributed by atoms with Crippen LogP contribution in [0.15, 0.2) is 0 Å². The third-order valence-electron chi connectivity index (χ3n) is 2.85. The molecule has 0 aromatic rings. The minimum Gasteiger partial charge on any atom is -0.395 e. The van der Waals surface area contributed by atoms with Gasteiger partial charge in [-0.3, -0.25) is 4.79 Å². The number of hydrogen-bond acceptors (Lipinski definition) is 4. The lowest BCUT2D eigenvalue weighted by Gasteiger charge is -2.33. The quantitative estimate of drug-likeness (QED) is 0.556. The summed E-state index contributed by atoms with van der Waals surface area (Å²) in [4.78, 5) is 13.1. The second kappa shape index (κ2) is 7.60. The predicted octanol–water partition coefficient (Wildman–Crippen LogP) is -0.831. The number of carbonyl (C=O) groups excluding carboxylic acids is 1. The van der Waals surface area contributed by atoms with Crippen molar-refractivity contribution in [3.05, 3.63) is 0 Å². The second-order valence-corrected chi connectivity index (χ2v) is 4.30. The normalized spacial score (nSPS) is 22.0. The van der Waals surface area contributed by atoms with E-state index in [2.05, 4.69) is 15.5 Å². The number of carbonyl (C=O) groups is 1. The maximum atomic E-state index is 10.7. The Balaban J connectivity index is 2.14. The molecule has 0 aliphatic carbocycles. The van der Waals surface area contributed by atoms with Crippen LogP contribution in [0.5, 0.6) is 0 Å². The van der Waals surface area contributed by atoms with Crippen LogP contribution >= 0.6 is 0 Å². The number of likely N-dealkylation sites (tertiary alicyclic amines) is 1. The van der Waals surface area contributed by atoms with Crippen molar-refractivity contribution in [2.45, 2.75) is 25.8 Å². The third-order valence-corrected chi connectivity index (χ3v) is 2.85. The fourth-order valence-corrected chi connectivity index (χ4v) is 2.08. The summed E-state index contributed by atoms with van der Waals surface area (Å²) in [6, 6.07) is 0.484. The van der Waals surface area contributed by atoms with Crippen LogP contribution in [0.3, 0.4) is 0 Å². The molecule has 0 saturated carbocycles. The van der Waals surface area contributed by atoms with Crippen molar-refractivity contribution in [2.75, 3.05) is 39.3 Å². The zero-order chi connectivity index (χ0) is 11.8. The van der Waals surface area contributed by atoms with E-state index in [-0.39, 0.29) is 12.5 Å². The Morgan fingerprint density at radius 2 is 2.31 bits per heavy atom. The maximum Gasteiger partial charge on any atom is 0.216 e. The highest BCUT2D eigenvalue weighted by Crippen LogP contribution is 2.08. The molecule has 0 bridgehead atoms. The monoisotopic (exact) mass is 229 g/mol. The van der Waals surface area contributed by atoms with Gasteiger partial charge in [0.05, 0.1) is 6.61 Å². The van der Waals surface area contributed by atoms with Crippen LogP contribution in [0, 0.1) is 0 Å². The lowest BCUT2D eigenvalue weighted by Crippen LogP contribution is -2.48. The standard InChI is InChI=1S/C11H23N3O2/c1-10(16)12-4-7-14-6-2-3-11(9-14)13-5-8-15/h11,13,15H,2-9H2,1H3,(H,12,16). The van der Waals surface area contributed by atoms with Gasteiger partial charge in [-0.25, -0.2) is 0 Å². The van der Waals surface area contributed by atoms with Gasteiger partial charge in [-0.05, 0) is 19.4 Å². The van der Waals surface area contributed by atoms with E-state index in [1.165, 1.54) is 12.8 Å². The van der Waals surface area contributed by atoms with Crippen molar-refractivity contribution < 1.29 is 9.90 Å². The van der Waals surface area contributed by atoms with Gasteiger partial charge in [0.25, 0.3) is 0 Å². The highest BCUT2D eigenvalue weighted by molar-refractivity contribution is 5.72. The minimum absolute atomic E-state index is 0.0342. The van der Waals surface area contributed by atoms with Crippen molar-refractivity contribution in [3.8, 4) is 0 Å². The van der Waals surface area contributed by atoms with Gasteiger partial charge in [-0.2, -0.15) is 0 Å². The van der Waals surface area contributed by atoms with Crippen molar-refractivity contribution in [2.24, 2.45) is 0 Å². The molecule has 1 saturated heterocycles. The first-order valence-corrected chi connectivity index (χ1v) is 6.03. The molecular weight excluding hydrogens is 206 g/mol. The van der Waals surface area contributed by atoms with Gasteiger partial charge < -0.3 is 20.6 Å². The van der Waals surface area contributed by atoms with Crippen LogP contribution in [-0.4, -0.2) is 61.3 Å². The molecular formula is C11H23N3O2. The molecule has 1 unspecified atom stereocenters. The predicted molar refractivity (Wildman–Crippen MR) is 63.2 cm³/mol. The van der Waals surface area contributed by atoms with Crippen LogP contribution in [0.2, 0.25) is 0 Å². The van der Waals surface area contributed by atoms with Crippen LogP contribution in [-0.2, 0) is 4.79 Å². The number of piperidine rings is 1. The summed E-state index contributed by atoms with van der Waals surface area (Å²) in [5.74, 6) is 0.0342. The maximum absolute atomic E-state index is 10.7. The summed E-state index contributed by atoms with van der Waals surface area (Å²) < 4.78 is 0. The molecule has 3 N–H and O–H groups in total. The molecule has 1 aliphatic rings. The Morgan fingerprint density at radius 1 is 1.50 bits per heavy atom. The van der Waals surface area contributed by atoms with Crippen LogP contribution < -0.4 is 10.6 Å². The first kappa shape index (κ1) is 13.4. The van der Waals surface area contributed by atoms with Gasteiger partial charge in [-0.15, -0.1) is 0 Å². The number of nitrogens with zero attached hydrogens (tertiary/aromatic N) is 1. The van der Waals surface area contributed by atoms with Gasteiger partial charge >= 0.3 is 0 Å². The number of aliphatic hydroxyl groups excluding tert-OH is 1. The number of rotatable bonds is 6. The zero-order valence-electron chi connectivity index (χ0n) is 10.0. The molecule has 0 aromatic carbocycles. The topological polar surface area (TPSA) is 64.6 Å². The summed E-state index contributed by atoms with van der Waals surface area (Å²) >= 11 is 0. The summed E-state index contributed by atoms with van der Waals surface area (Å²) in [5.41, 5.74) is 0. The van der Waals surface area contributed by atoms with Crippen LogP contribution in [0.25, 0.3) is 0 Å². The highest BCUT2D eigenvalue weighted by atomic mass is 16.3. The fourth-order valence-electron chi connectivity index (χ4n) is 2.08. The van der Waals surface area contributed by atoms with Gasteiger partial charge in [0.1, 0.15) is 0 Å². The summed E-state index contributed by atoms with van der Waals surface area (Å²) in [6.45, 7) is 6.17. The molecule has 5 nitrogen and oxygen atoms in total. The number of aliphatic hydroxyl groups is 1. The lowest BCUT2D eigenvalue weighted by atomic mass is 10.1. The molecule has 1 aliphatic heterocycles. The lowest BCUT2D eigenvalue weighted by molar-refractivity contribution is -0.119.